The third-order valence-electron chi connectivity index (χ3n) is 1.94. The number of carbonyl (C=O) groups excluding carboxylic acids is 2. The van der Waals surface area contributed by atoms with Crippen LogP contribution in [0.15, 0.2) is 0 Å². The molecule has 0 heterocycles. The summed E-state index contributed by atoms with van der Waals surface area (Å²) >= 11 is 0. The highest BCUT2D eigenvalue weighted by Crippen LogP contribution is 1.99. The van der Waals surface area contributed by atoms with Gasteiger partial charge in [-0.2, -0.15) is 0 Å². The Morgan fingerprint density at radius 3 is 2.24 bits per heavy atom. The Bertz CT molecular complexity index is 294. The lowest BCUT2D eigenvalue weighted by atomic mass is 10.2. The fourth-order valence-corrected chi connectivity index (χ4v) is 0.952. The third kappa shape index (κ3) is 6.61. The van der Waals surface area contributed by atoms with Crippen LogP contribution in [-0.4, -0.2) is 41.6 Å². The molecule has 8 heteroatoms. The summed E-state index contributed by atoms with van der Waals surface area (Å²) < 4.78 is 4.34. The minimum absolute atomic E-state index is 0.299. The Labute approximate surface area is 98.1 Å². The van der Waals surface area contributed by atoms with Crippen molar-refractivity contribution in [2.45, 2.75) is 31.3 Å². The molecule has 98 valence electrons. The summed E-state index contributed by atoms with van der Waals surface area (Å²) in [4.78, 5) is 32.6. The molecule has 0 bridgehead atoms. The monoisotopic (exact) mass is 247 g/mol. The van der Waals surface area contributed by atoms with E-state index in [1.807, 2.05) is 0 Å². The van der Waals surface area contributed by atoms with Gasteiger partial charge in [-0.05, 0) is 19.4 Å². The Morgan fingerprint density at radius 1 is 1.18 bits per heavy atom. The predicted octanol–water partition coefficient (Wildman–Crippen LogP) is -2.08. The number of ether oxygens (including phenoxy) is 1. The summed E-state index contributed by atoms with van der Waals surface area (Å²) in [5.41, 5.74) is 15.7. The van der Waals surface area contributed by atoms with Gasteiger partial charge in [-0.15, -0.1) is 0 Å². The number of esters is 2. The highest BCUT2D eigenvalue weighted by Gasteiger charge is 2.22. The van der Waals surface area contributed by atoms with Gasteiger partial charge < -0.3 is 27.0 Å². The summed E-state index contributed by atoms with van der Waals surface area (Å²) in [5.74, 6) is -3.25. The molecule has 0 unspecified atom stereocenters. The van der Waals surface area contributed by atoms with Crippen LogP contribution in [0.2, 0.25) is 0 Å². The lowest BCUT2D eigenvalue weighted by Crippen LogP contribution is -2.37. The van der Waals surface area contributed by atoms with Gasteiger partial charge in [0, 0.05) is 0 Å². The number of carboxylic acid groups (broad SMARTS) is 1. The molecule has 0 saturated carbocycles. The maximum atomic E-state index is 11.2. The van der Waals surface area contributed by atoms with Crippen molar-refractivity contribution < 1.29 is 24.2 Å². The third-order valence-corrected chi connectivity index (χ3v) is 1.94. The smallest absolute Gasteiger partial charge is 0.330 e. The lowest BCUT2D eigenvalue weighted by molar-refractivity contribution is -0.162. The van der Waals surface area contributed by atoms with E-state index in [1.165, 1.54) is 0 Å². The number of carboxylic acids is 1. The zero-order valence-electron chi connectivity index (χ0n) is 9.30. The largest absolute Gasteiger partial charge is 0.480 e. The molecule has 0 aromatic carbocycles. The van der Waals surface area contributed by atoms with E-state index in [-0.39, 0.29) is 0 Å². The van der Waals surface area contributed by atoms with Crippen molar-refractivity contribution in [1.29, 1.82) is 0 Å². The van der Waals surface area contributed by atoms with Crippen molar-refractivity contribution in [3.8, 4) is 0 Å². The second-order valence-corrected chi connectivity index (χ2v) is 3.48. The summed E-state index contributed by atoms with van der Waals surface area (Å²) in [5, 5.41) is 8.43. The molecule has 2 atom stereocenters. The molecular formula is C9H17N3O5. The minimum atomic E-state index is -1.39. The molecule has 0 aromatic rings. The van der Waals surface area contributed by atoms with Crippen LogP contribution in [0.4, 0.5) is 0 Å². The standard InChI is InChI=1S/C9H17N3O5/c10-3-1-2-5(11)9(16)17-7(13)4-6(12)8(14)15/h5-6H,1-4,10-12H2,(H,14,15)/t5-,6-/m0/s1. The predicted molar refractivity (Wildman–Crippen MR) is 57.6 cm³/mol. The van der Waals surface area contributed by atoms with E-state index < -0.39 is 36.4 Å². The molecule has 0 rings (SSSR count). The second-order valence-electron chi connectivity index (χ2n) is 3.48. The van der Waals surface area contributed by atoms with Crippen molar-refractivity contribution >= 4 is 17.9 Å². The van der Waals surface area contributed by atoms with E-state index in [9.17, 15) is 14.4 Å². The Morgan fingerprint density at radius 2 is 1.76 bits per heavy atom. The van der Waals surface area contributed by atoms with E-state index in [1.54, 1.807) is 0 Å². The minimum Gasteiger partial charge on any atom is -0.480 e. The summed E-state index contributed by atoms with van der Waals surface area (Å²) in [6.07, 6.45) is 0.247. The molecule has 0 aliphatic rings. The molecule has 0 radical (unpaired) electrons. The number of rotatable bonds is 7. The Balaban J connectivity index is 4.03. The summed E-state index contributed by atoms with van der Waals surface area (Å²) in [6, 6.07) is -2.33. The van der Waals surface area contributed by atoms with Gasteiger partial charge in [0.2, 0.25) is 0 Å². The van der Waals surface area contributed by atoms with Gasteiger partial charge in [0.25, 0.3) is 0 Å². The molecule has 0 amide bonds. The number of hydrogen-bond donors (Lipinski definition) is 4. The molecule has 0 aliphatic heterocycles. The summed E-state index contributed by atoms with van der Waals surface area (Å²) in [6.45, 7) is 0.374. The number of nitrogens with two attached hydrogens (primary N) is 3. The van der Waals surface area contributed by atoms with Crippen LogP contribution in [0.1, 0.15) is 19.3 Å². The van der Waals surface area contributed by atoms with Crippen LogP contribution in [-0.2, 0) is 19.1 Å². The zero-order chi connectivity index (χ0) is 13.4. The maximum Gasteiger partial charge on any atom is 0.330 e. The Kier molecular flexibility index (Phi) is 7.03. The summed E-state index contributed by atoms with van der Waals surface area (Å²) in [7, 11) is 0. The molecule has 0 aliphatic carbocycles. The van der Waals surface area contributed by atoms with Crippen LogP contribution in [0.25, 0.3) is 0 Å². The van der Waals surface area contributed by atoms with Gasteiger partial charge in [0.15, 0.2) is 0 Å². The van der Waals surface area contributed by atoms with Crippen LogP contribution >= 0.6 is 0 Å². The van der Waals surface area contributed by atoms with Crippen molar-refractivity contribution in [2.75, 3.05) is 6.54 Å². The van der Waals surface area contributed by atoms with E-state index >= 15 is 0 Å². The van der Waals surface area contributed by atoms with E-state index in [2.05, 4.69) is 4.74 Å². The lowest BCUT2D eigenvalue weighted by Gasteiger charge is -2.10. The van der Waals surface area contributed by atoms with E-state index in [0.29, 0.717) is 19.4 Å². The number of carbonyl (C=O) groups is 3. The normalized spacial score (nSPS) is 13.8. The van der Waals surface area contributed by atoms with E-state index in [0.717, 1.165) is 0 Å². The fourth-order valence-electron chi connectivity index (χ4n) is 0.952. The first kappa shape index (κ1) is 15.5. The van der Waals surface area contributed by atoms with Crippen LogP contribution < -0.4 is 17.2 Å². The maximum absolute atomic E-state index is 11.2. The highest BCUT2D eigenvalue weighted by molar-refractivity contribution is 5.90. The molecule has 0 fully saturated rings. The van der Waals surface area contributed by atoms with Crippen LogP contribution in [0.3, 0.4) is 0 Å². The van der Waals surface area contributed by atoms with Crippen LogP contribution in [0.5, 0.6) is 0 Å². The molecule has 0 aromatic heterocycles. The first-order valence-electron chi connectivity index (χ1n) is 5.07. The number of aliphatic carboxylic acids is 1. The average Bonchev–Trinajstić information content (AvgIpc) is 2.25. The van der Waals surface area contributed by atoms with Gasteiger partial charge in [-0.25, -0.2) is 4.79 Å². The first-order chi connectivity index (χ1) is 7.88. The molecule has 0 saturated heterocycles. The van der Waals surface area contributed by atoms with Crippen molar-refractivity contribution in [1.82, 2.24) is 0 Å². The van der Waals surface area contributed by atoms with E-state index in [4.69, 9.17) is 22.3 Å². The molecule has 8 nitrogen and oxygen atoms in total. The first-order valence-corrected chi connectivity index (χ1v) is 5.07. The highest BCUT2D eigenvalue weighted by atomic mass is 16.6. The average molecular weight is 247 g/mol. The van der Waals surface area contributed by atoms with Gasteiger partial charge in [-0.3, -0.25) is 9.59 Å². The van der Waals surface area contributed by atoms with Gasteiger partial charge in [-0.1, -0.05) is 0 Å². The van der Waals surface area contributed by atoms with Crippen molar-refractivity contribution in [3.63, 3.8) is 0 Å². The van der Waals surface area contributed by atoms with Gasteiger partial charge >= 0.3 is 17.9 Å². The Hall–Kier alpha value is -1.51. The fraction of sp³-hybridized carbons (Fsp3) is 0.667. The zero-order valence-corrected chi connectivity index (χ0v) is 9.30. The second kappa shape index (κ2) is 7.71. The SMILES string of the molecule is NCCC[C@H](N)C(=O)OC(=O)C[C@H](N)C(=O)O. The topological polar surface area (TPSA) is 159 Å². The molecule has 0 spiro atoms. The van der Waals surface area contributed by atoms with Crippen LogP contribution in [0, 0.1) is 0 Å². The quantitative estimate of drug-likeness (QED) is 0.295. The van der Waals surface area contributed by atoms with Crippen molar-refractivity contribution in [2.24, 2.45) is 17.2 Å². The van der Waals surface area contributed by atoms with Gasteiger partial charge in [0.05, 0.1) is 6.42 Å². The van der Waals surface area contributed by atoms with Crippen molar-refractivity contribution in [3.05, 3.63) is 0 Å². The molecular weight excluding hydrogens is 230 g/mol. The molecule has 7 N–H and O–H groups in total. The van der Waals surface area contributed by atoms with Gasteiger partial charge in [0.1, 0.15) is 12.1 Å². The molecule has 17 heavy (non-hydrogen) atoms. The number of hydrogen-bond acceptors (Lipinski definition) is 7.